The monoisotopic (exact) mass is 288 g/mol. The Bertz CT molecular complexity index is 328. The Morgan fingerprint density at radius 3 is 2.22 bits per heavy atom. The van der Waals surface area contributed by atoms with Crippen LogP contribution in [0.2, 0.25) is 0 Å². The molecule has 1 fully saturated rings. The maximum atomic E-state index is 12.1. The highest BCUT2D eigenvalue weighted by Gasteiger charge is 2.38. The molecule has 0 bridgehead atoms. The molecule has 1 heterocycles. The number of nitrogens with zero attached hydrogens (tertiary/aromatic N) is 1. The van der Waals surface area contributed by atoms with E-state index in [9.17, 15) is 4.79 Å². The summed E-state index contributed by atoms with van der Waals surface area (Å²) in [6.07, 6.45) is 4.40. The molecule has 0 saturated carbocycles. The van der Waals surface area contributed by atoms with E-state index in [0.717, 1.165) is 25.9 Å². The number of hydrogen-bond acceptors (Lipinski definition) is 3. The molecule has 0 spiro atoms. The lowest BCUT2D eigenvalue weighted by Gasteiger charge is -2.40. The molecule has 0 aromatic heterocycles. The van der Waals surface area contributed by atoms with Crippen molar-refractivity contribution in [3.8, 4) is 0 Å². The molecule has 0 unspecified atom stereocenters. The predicted molar refractivity (Wildman–Crippen MR) is 82.9 cm³/mol. The number of amides is 1. The zero-order valence-electron chi connectivity index (χ0n) is 11.8. The van der Waals surface area contributed by atoms with Crippen LogP contribution in [0.5, 0.6) is 0 Å². The van der Waals surface area contributed by atoms with Crippen LogP contribution in [0.3, 0.4) is 0 Å². The number of rotatable bonds is 3. The van der Waals surface area contributed by atoms with Crippen molar-refractivity contribution in [1.29, 1.82) is 0 Å². The third-order valence-electron chi connectivity index (χ3n) is 3.45. The van der Waals surface area contributed by atoms with Gasteiger partial charge in [-0.3, -0.25) is 4.79 Å². The van der Waals surface area contributed by atoms with E-state index in [4.69, 9.17) is 18.0 Å². The summed E-state index contributed by atoms with van der Waals surface area (Å²) in [6, 6.07) is 0. The molecule has 1 amide bonds. The first kappa shape index (κ1) is 15.8. The first-order valence-corrected chi connectivity index (χ1v) is 7.96. The van der Waals surface area contributed by atoms with Gasteiger partial charge in [-0.15, -0.1) is 0 Å². The van der Waals surface area contributed by atoms with Crippen molar-refractivity contribution in [1.82, 2.24) is 4.90 Å². The number of likely N-dealkylation sites (tertiary alicyclic amines) is 1. The van der Waals surface area contributed by atoms with Crippen LogP contribution in [0.25, 0.3) is 0 Å². The normalized spacial score (nSPS) is 19.7. The van der Waals surface area contributed by atoms with Crippen molar-refractivity contribution < 1.29 is 4.79 Å². The van der Waals surface area contributed by atoms with Gasteiger partial charge in [0.25, 0.3) is 0 Å². The number of thiocarbonyl (C=S) groups is 1. The molecule has 18 heavy (non-hydrogen) atoms. The Balaban J connectivity index is 2.58. The highest BCUT2D eigenvalue weighted by atomic mass is 32.2. The van der Waals surface area contributed by atoms with Crippen molar-refractivity contribution in [2.75, 3.05) is 19.3 Å². The lowest BCUT2D eigenvalue weighted by atomic mass is 9.90. The minimum absolute atomic E-state index is 0.0499. The van der Waals surface area contributed by atoms with Gasteiger partial charge in [-0.1, -0.05) is 33.0 Å². The molecular weight excluding hydrogens is 264 g/mol. The summed E-state index contributed by atoms with van der Waals surface area (Å²) in [4.78, 5) is 14.7. The molecule has 1 aliphatic heterocycles. The molecule has 1 aliphatic rings. The molecule has 1 rings (SSSR count). The predicted octanol–water partition coefficient (Wildman–Crippen LogP) is 2.43. The number of carbonyl (C=O) groups is 1. The topological polar surface area (TPSA) is 46.3 Å². The third kappa shape index (κ3) is 3.85. The van der Waals surface area contributed by atoms with Gasteiger partial charge in [0, 0.05) is 19.5 Å². The van der Waals surface area contributed by atoms with Gasteiger partial charge in [0.05, 0.1) is 9.74 Å². The Labute approximate surface area is 120 Å². The number of piperidine rings is 1. The number of nitrogens with two attached hydrogens (primary N) is 1. The van der Waals surface area contributed by atoms with Crippen LogP contribution in [0.15, 0.2) is 0 Å². The van der Waals surface area contributed by atoms with Crippen LogP contribution in [0, 0.1) is 5.41 Å². The van der Waals surface area contributed by atoms with E-state index in [1.165, 1.54) is 0 Å². The molecule has 1 saturated heterocycles. The summed E-state index contributed by atoms with van der Waals surface area (Å²) < 4.78 is -0.103. The molecule has 0 aromatic carbocycles. The summed E-state index contributed by atoms with van der Waals surface area (Å²) >= 11 is 6.90. The van der Waals surface area contributed by atoms with E-state index in [2.05, 4.69) is 20.8 Å². The smallest absolute Gasteiger partial charge is 0.223 e. The fraction of sp³-hybridized carbons (Fsp3) is 0.846. The van der Waals surface area contributed by atoms with Crippen molar-refractivity contribution in [2.45, 2.75) is 44.8 Å². The first-order chi connectivity index (χ1) is 8.20. The molecule has 104 valence electrons. The lowest BCUT2D eigenvalue weighted by Crippen LogP contribution is -2.51. The molecule has 0 aliphatic carbocycles. The molecule has 0 atom stereocenters. The summed E-state index contributed by atoms with van der Waals surface area (Å²) in [6.45, 7) is 7.82. The second-order valence-corrected chi connectivity index (χ2v) is 7.81. The minimum atomic E-state index is -0.103. The summed E-state index contributed by atoms with van der Waals surface area (Å²) in [7, 11) is 0. The maximum Gasteiger partial charge on any atom is 0.223 e. The van der Waals surface area contributed by atoms with Crippen molar-refractivity contribution in [2.24, 2.45) is 11.1 Å². The van der Waals surface area contributed by atoms with E-state index in [1.54, 1.807) is 11.8 Å². The van der Waals surface area contributed by atoms with Gasteiger partial charge in [-0.05, 0) is 24.5 Å². The summed E-state index contributed by atoms with van der Waals surface area (Å²) in [5, 5.41) is 0. The van der Waals surface area contributed by atoms with Crippen LogP contribution in [0.4, 0.5) is 0 Å². The molecule has 5 heteroatoms. The lowest BCUT2D eigenvalue weighted by molar-refractivity contribution is -0.134. The average Bonchev–Trinajstić information content (AvgIpc) is 2.26. The Morgan fingerprint density at radius 2 is 1.89 bits per heavy atom. The van der Waals surface area contributed by atoms with E-state index in [1.807, 2.05) is 11.2 Å². The molecule has 0 aromatic rings. The highest BCUT2D eigenvalue weighted by molar-refractivity contribution is 8.02. The van der Waals surface area contributed by atoms with Crippen LogP contribution in [0.1, 0.15) is 40.0 Å². The first-order valence-electron chi connectivity index (χ1n) is 6.33. The van der Waals surface area contributed by atoms with Gasteiger partial charge < -0.3 is 10.6 Å². The second-order valence-electron chi connectivity index (χ2n) is 6.18. The molecule has 0 radical (unpaired) electrons. The second kappa shape index (κ2) is 5.78. The zero-order chi connectivity index (χ0) is 14.0. The van der Waals surface area contributed by atoms with Gasteiger partial charge in [0.2, 0.25) is 5.91 Å². The SMILES string of the molecule is CSC1(C(N)=S)CCN(C(=O)CC(C)(C)C)CC1. The Morgan fingerprint density at radius 1 is 1.39 bits per heavy atom. The van der Waals surface area contributed by atoms with Gasteiger partial charge in [-0.25, -0.2) is 0 Å². The van der Waals surface area contributed by atoms with Gasteiger partial charge in [-0.2, -0.15) is 11.8 Å². The van der Waals surface area contributed by atoms with E-state index in [0.29, 0.717) is 11.4 Å². The Hall–Kier alpha value is -0.290. The van der Waals surface area contributed by atoms with Gasteiger partial charge in [0.1, 0.15) is 0 Å². The van der Waals surface area contributed by atoms with Crippen LogP contribution in [-0.2, 0) is 4.79 Å². The number of thioether (sulfide) groups is 1. The van der Waals surface area contributed by atoms with Crippen LogP contribution < -0.4 is 5.73 Å². The van der Waals surface area contributed by atoms with E-state index in [-0.39, 0.29) is 16.1 Å². The average molecular weight is 288 g/mol. The molecular formula is C13H24N2OS2. The van der Waals surface area contributed by atoms with Gasteiger partial charge in [0.15, 0.2) is 0 Å². The maximum absolute atomic E-state index is 12.1. The molecule has 2 N–H and O–H groups in total. The van der Waals surface area contributed by atoms with Crippen LogP contribution >= 0.6 is 24.0 Å². The minimum Gasteiger partial charge on any atom is -0.392 e. The van der Waals surface area contributed by atoms with Crippen LogP contribution in [-0.4, -0.2) is 39.9 Å². The van der Waals surface area contributed by atoms with E-state index >= 15 is 0 Å². The summed E-state index contributed by atoms with van der Waals surface area (Å²) in [5.41, 5.74) is 5.89. The Kier molecular flexibility index (Phi) is 5.06. The standard InChI is InChI=1S/C13H24N2OS2/c1-12(2,3)9-10(16)15-7-5-13(18-4,6-8-15)11(14)17/h5-9H2,1-4H3,(H2,14,17). The van der Waals surface area contributed by atoms with Crippen molar-refractivity contribution >= 4 is 34.9 Å². The largest absolute Gasteiger partial charge is 0.392 e. The van der Waals surface area contributed by atoms with Crippen molar-refractivity contribution in [3.63, 3.8) is 0 Å². The zero-order valence-corrected chi connectivity index (χ0v) is 13.4. The number of carbonyl (C=O) groups excluding carboxylic acids is 1. The van der Waals surface area contributed by atoms with Crippen molar-refractivity contribution in [3.05, 3.63) is 0 Å². The number of hydrogen-bond donors (Lipinski definition) is 1. The van der Waals surface area contributed by atoms with E-state index < -0.39 is 0 Å². The molecule has 3 nitrogen and oxygen atoms in total. The fourth-order valence-electron chi connectivity index (χ4n) is 2.23. The highest BCUT2D eigenvalue weighted by Crippen LogP contribution is 2.35. The third-order valence-corrected chi connectivity index (χ3v) is 5.37. The summed E-state index contributed by atoms with van der Waals surface area (Å²) in [5.74, 6) is 0.250. The van der Waals surface area contributed by atoms with Gasteiger partial charge >= 0.3 is 0 Å². The quantitative estimate of drug-likeness (QED) is 0.810. The fourth-order valence-corrected chi connectivity index (χ4v) is 3.48.